The first-order chi connectivity index (χ1) is 15.5. The lowest BCUT2D eigenvalue weighted by Crippen LogP contribution is -2.15. The van der Waals surface area contributed by atoms with E-state index in [1.807, 2.05) is 42.5 Å². The lowest BCUT2D eigenvalue weighted by atomic mass is 10.1. The van der Waals surface area contributed by atoms with Crippen molar-refractivity contribution >= 4 is 38.7 Å². The number of benzene rings is 3. The van der Waals surface area contributed by atoms with Crippen LogP contribution in [0.5, 0.6) is 5.75 Å². The van der Waals surface area contributed by atoms with Crippen LogP contribution in [0, 0.1) is 25.2 Å². The predicted molar refractivity (Wildman–Crippen MR) is 128 cm³/mol. The molecule has 0 aliphatic heterocycles. The second-order valence-corrected chi connectivity index (χ2v) is 8.29. The highest BCUT2D eigenvalue weighted by Gasteiger charge is 2.16. The normalized spacial score (nSPS) is 11.4. The van der Waals surface area contributed by atoms with Gasteiger partial charge in [0.05, 0.1) is 10.2 Å². The molecule has 0 amide bonds. The van der Waals surface area contributed by atoms with Crippen molar-refractivity contribution in [3.63, 3.8) is 0 Å². The van der Waals surface area contributed by atoms with E-state index in [1.54, 1.807) is 26.0 Å². The Kier molecular flexibility index (Phi) is 6.20. The summed E-state index contributed by atoms with van der Waals surface area (Å²) in [6.07, 6.45) is 1.55. The van der Waals surface area contributed by atoms with E-state index < -0.39 is 5.91 Å². The molecule has 3 aromatic carbocycles. The zero-order valence-electron chi connectivity index (χ0n) is 17.7. The number of aromatic nitrogens is 2. The van der Waals surface area contributed by atoms with E-state index in [-0.39, 0.29) is 5.57 Å². The maximum Gasteiger partial charge on any atom is 0.289 e. The zero-order valence-corrected chi connectivity index (χ0v) is 19.3. The number of rotatable bonds is 5. The van der Waals surface area contributed by atoms with Gasteiger partial charge >= 0.3 is 0 Å². The molecule has 0 unspecified atom stereocenters. The van der Waals surface area contributed by atoms with Gasteiger partial charge in [-0.3, -0.25) is 4.79 Å². The summed E-state index contributed by atoms with van der Waals surface area (Å²) in [7, 11) is 0. The van der Waals surface area contributed by atoms with Crippen molar-refractivity contribution in [2.75, 3.05) is 0 Å². The number of carbonyl (C=O) groups is 1. The molecule has 0 fully saturated rings. The van der Waals surface area contributed by atoms with Crippen LogP contribution in [0.25, 0.3) is 16.8 Å². The number of fused-ring (bicyclic) bond motifs is 1. The molecule has 6 heteroatoms. The predicted octanol–water partition coefficient (Wildman–Crippen LogP) is 6.24. The largest absolute Gasteiger partial charge is 0.488 e. The summed E-state index contributed by atoms with van der Waals surface area (Å²) in [6, 6.07) is 23.6. The molecule has 158 valence electrons. The van der Waals surface area contributed by atoms with Crippen LogP contribution < -0.4 is 4.74 Å². The number of halogens is 1. The molecule has 32 heavy (non-hydrogen) atoms. The Morgan fingerprint density at radius 2 is 1.91 bits per heavy atom. The summed E-state index contributed by atoms with van der Waals surface area (Å²) >= 11 is 3.54. The summed E-state index contributed by atoms with van der Waals surface area (Å²) in [4.78, 5) is 12.7. The maximum atomic E-state index is 12.7. The fourth-order valence-corrected chi connectivity index (χ4v) is 4.07. The standard InChI is InChI=1S/C26H20BrN3O2/c1-17-12-18(2)30(29-17)26(31)22(15-28)13-19-10-11-25(24(27)14-19)32-16-21-8-5-7-20-6-3-4-9-23(20)21/h3-14H,16H2,1-2H3/b22-13+. The van der Waals surface area contributed by atoms with E-state index in [1.165, 1.54) is 10.1 Å². The van der Waals surface area contributed by atoms with Gasteiger partial charge < -0.3 is 4.74 Å². The van der Waals surface area contributed by atoms with Crippen LogP contribution in [0.4, 0.5) is 0 Å². The molecule has 1 aromatic heterocycles. The topological polar surface area (TPSA) is 67.9 Å². The zero-order chi connectivity index (χ0) is 22.7. The van der Waals surface area contributed by atoms with Gasteiger partial charge in [-0.1, -0.05) is 48.5 Å². The molecule has 0 radical (unpaired) electrons. The van der Waals surface area contributed by atoms with E-state index in [2.05, 4.69) is 45.3 Å². The minimum absolute atomic E-state index is 0.00697. The first-order valence-corrected chi connectivity index (χ1v) is 10.8. The Morgan fingerprint density at radius 1 is 1.12 bits per heavy atom. The van der Waals surface area contributed by atoms with Crippen molar-refractivity contribution in [1.82, 2.24) is 9.78 Å². The summed E-state index contributed by atoms with van der Waals surface area (Å²) < 4.78 is 8.03. The van der Waals surface area contributed by atoms with Crippen LogP contribution in [0.1, 0.15) is 27.3 Å². The maximum absolute atomic E-state index is 12.7. The Labute approximate surface area is 194 Å². The van der Waals surface area contributed by atoms with Crippen molar-refractivity contribution < 1.29 is 9.53 Å². The Morgan fingerprint density at radius 3 is 2.62 bits per heavy atom. The van der Waals surface area contributed by atoms with Gasteiger partial charge in [0.25, 0.3) is 5.91 Å². The van der Waals surface area contributed by atoms with Gasteiger partial charge in [-0.2, -0.15) is 10.4 Å². The van der Waals surface area contributed by atoms with Crippen LogP contribution in [0.2, 0.25) is 0 Å². The van der Waals surface area contributed by atoms with Gasteiger partial charge in [0.1, 0.15) is 24.0 Å². The van der Waals surface area contributed by atoms with Gasteiger partial charge in [-0.15, -0.1) is 0 Å². The smallest absolute Gasteiger partial charge is 0.289 e. The average molecular weight is 486 g/mol. The molecule has 0 saturated carbocycles. The second kappa shape index (κ2) is 9.21. The Hall–Kier alpha value is -3.69. The average Bonchev–Trinajstić information content (AvgIpc) is 3.14. The fraction of sp³-hybridized carbons (Fsp3) is 0.115. The van der Waals surface area contributed by atoms with E-state index in [0.29, 0.717) is 23.6 Å². The first kappa shape index (κ1) is 21.5. The van der Waals surface area contributed by atoms with Gasteiger partial charge in [0.15, 0.2) is 0 Å². The molecule has 4 aromatic rings. The van der Waals surface area contributed by atoms with Crippen LogP contribution >= 0.6 is 15.9 Å². The first-order valence-electron chi connectivity index (χ1n) is 10.0. The lowest BCUT2D eigenvalue weighted by Gasteiger charge is -2.11. The number of allylic oxidation sites excluding steroid dienone is 1. The highest BCUT2D eigenvalue weighted by molar-refractivity contribution is 9.10. The molecular formula is C26H20BrN3O2. The summed E-state index contributed by atoms with van der Waals surface area (Å²) in [5.74, 6) is 0.226. The molecule has 0 atom stereocenters. The highest BCUT2D eigenvalue weighted by atomic mass is 79.9. The SMILES string of the molecule is Cc1cc(C)n(C(=O)/C(C#N)=C/c2ccc(OCc3cccc4ccccc34)c(Br)c2)n1. The number of nitrogens with zero attached hydrogens (tertiary/aromatic N) is 3. The quantitative estimate of drug-likeness (QED) is 0.247. The molecule has 0 spiro atoms. The van der Waals surface area contributed by atoms with E-state index in [0.717, 1.165) is 21.1 Å². The van der Waals surface area contributed by atoms with Gasteiger partial charge in [0.2, 0.25) is 0 Å². The molecule has 0 aliphatic rings. The number of ether oxygens (including phenoxy) is 1. The Balaban J connectivity index is 1.54. The molecule has 1 heterocycles. The lowest BCUT2D eigenvalue weighted by molar-refractivity contribution is 0.0943. The van der Waals surface area contributed by atoms with Crippen LogP contribution in [0.15, 0.2) is 76.8 Å². The molecule has 0 N–H and O–H groups in total. The minimum Gasteiger partial charge on any atom is -0.488 e. The number of aryl methyl sites for hydroxylation is 2. The third-order valence-corrected chi connectivity index (χ3v) is 5.70. The van der Waals surface area contributed by atoms with E-state index in [9.17, 15) is 10.1 Å². The highest BCUT2D eigenvalue weighted by Crippen LogP contribution is 2.29. The van der Waals surface area contributed by atoms with Gasteiger partial charge in [-0.25, -0.2) is 4.68 Å². The monoisotopic (exact) mass is 485 g/mol. The number of nitriles is 1. The molecule has 5 nitrogen and oxygen atoms in total. The molecule has 0 aliphatic carbocycles. The molecule has 0 bridgehead atoms. The van der Waals surface area contributed by atoms with Crippen LogP contribution in [-0.2, 0) is 6.61 Å². The van der Waals surface area contributed by atoms with E-state index >= 15 is 0 Å². The summed E-state index contributed by atoms with van der Waals surface area (Å²) in [6.45, 7) is 4.02. The molecular weight excluding hydrogens is 466 g/mol. The molecule has 0 saturated heterocycles. The van der Waals surface area contributed by atoms with Crippen molar-refractivity contribution in [1.29, 1.82) is 5.26 Å². The van der Waals surface area contributed by atoms with Crippen molar-refractivity contribution in [2.24, 2.45) is 0 Å². The van der Waals surface area contributed by atoms with Crippen LogP contribution in [-0.4, -0.2) is 15.7 Å². The fourth-order valence-electron chi connectivity index (χ4n) is 3.55. The van der Waals surface area contributed by atoms with Crippen molar-refractivity contribution in [3.8, 4) is 11.8 Å². The molecule has 4 rings (SSSR count). The number of hydrogen-bond acceptors (Lipinski definition) is 4. The summed E-state index contributed by atoms with van der Waals surface area (Å²) in [5, 5.41) is 16.0. The summed E-state index contributed by atoms with van der Waals surface area (Å²) in [5.41, 5.74) is 3.23. The van der Waals surface area contributed by atoms with Gasteiger partial charge in [-0.05, 0) is 76.0 Å². The Bertz CT molecular complexity index is 1390. The van der Waals surface area contributed by atoms with Crippen LogP contribution in [0.3, 0.4) is 0 Å². The van der Waals surface area contributed by atoms with Crippen molar-refractivity contribution in [3.05, 3.63) is 99.3 Å². The number of carbonyl (C=O) groups excluding carboxylic acids is 1. The minimum atomic E-state index is -0.453. The third kappa shape index (κ3) is 4.48. The van der Waals surface area contributed by atoms with E-state index in [4.69, 9.17) is 4.74 Å². The van der Waals surface area contributed by atoms with Crippen molar-refractivity contribution in [2.45, 2.75) is 20.5 Å². The number of hydrogen-bond donors (Lipinski definition) is 0. The van der Waals surface area contributed by atoms with Gasteiger partial charge in [0, 0.05) is 5.69 Å². The second-order valence-electron chi connectivity index (χ2n) is 7.43. The third-order valence-electron chi connectivity index (χ3n) is 5.08.